The summed E-state index contributed by atoms with van der Waals surface area (Å²) in [6, 6.07) is 0. The van der Waals surface area contributed by atoms with Crippen molar-refractivity contribution in [2.24, 2.45) is 11.8 Å². The Morgan fingerprint density at radius 2 is 1.95 bits per heavy atom. The highest BCUT2D eigenvalue weighted by molar-refractivity contribution is 5.84. The molecule has 0 amide bonds. The maximum absolute atomic E-state index is 12.2. The summed E-state index contributed by atoms with van der Waals surface area (Å²) >= 11 is 0. The minimum Gasteiger partial charge on any atom is -0.299 e. The number of hydrogen-bond donors (Lipinski definition) is 0. The molecule has 3 rings (SSSR count). The summed E-state index contributed by atoms with van der Waals surface area (Å²) in [4.78, 5) is 12.2. The molecule has 2 unspecified atom stereocenters. The van der Waals surface area contributed by atoms with E-state index in [1.54, 1.807) is 0 Å². The summed E-state index contributed by atoms with van der Waals surface area (Å²) in [6.45, 7) is 1.98. The van der Waals surface area contributed by atoms with E-state index < -0.39 is 0 Å². The van der Waals surface area contributed by atoms with Crippen molar-refractivity contribution in [3.05, 3.63) is 59.3 Å². The lowest BCUT2D eigenvalue weighted by molar-refractivity contribution is -0.122. The number of Topliss-reactive ketones (excluding diaryl/α,β-unsaturated/α-hetero) is 1. The van der Waals surface area contributed by atoms with Crippen molar-refractivity contribution in [1.29, 1.82) is 0 Å². The summed E-state index contributed by atoms with van der Waals surface area (Å²) < 4.78 is 0. The molecule has 98 valence electrons. The van der Waals surface area contributed by atoms with Crippen LogP contribution in [-0.4, -0.2) is 5.78 Å². The van der Waals surface area contributed by atoms with Crippen molar-refractivity contribution in [3.63, 3.8) is 0 Å². The highest BCUT2D eigenvalue weighted by Gasteiger charge is 2.34. The highest BCUT2D eigenvalue weighted by Crippen LogP contribution is 2.43. The first kappa shape index (κ1) is 12.4. The Hall–Kier alpha value is -1.63. The molecule has 0 aliphatic heterocycles. The number of hydrogen-bond acceptors (Lipinski definition) is 1. The van der Waals surface area contributed by atoms with Crippen LogP contribution in [0.25, 0.3) is 0 Å². The molecule has 0 radical (unpaired) electrons. The number of rotatable bonds is 4. The van der Waals surface area contributed by atoms with Crippen molar-refractivity contribution in [3.8, 4) is 0 Å². The van der Waals surface area contributed by atoms with Gasteiger partial charge in [-0.25, -0.2) is 0 Å². The topological polar surface area (TPSA) is 17.1 Å². The zero-order chi connectivity index (χ0) is 13.2. The third-order valence-corrected chi connectivity index (χ3v) is 4.43. The highest BCUT2D eigenvalue weighted by atomic mass is 16.1. The van der Waals surface area contributed by atoms with Crippen LogP contribution in [0.2, 0.25) is 0 Å². The van der Waals surface area contributed by atoms with Crippen molar-refractivity contribution in [2.75, 3.05) is 0 Å². The predicted octanol–water partition coefficient (Wildman–Crippen LogP) is 4.30. The number of carbonyl (C=O) groups excluding carboxylic acids is 1. The van der Waals surface area contributed by atoms with E-state index in [1.807, 2.05) is 6.92 Å². The Kier molecular flexibility index (Phi) is 3.37. The number of allylic oxidation sites excluding steroid dienone is 10. The summed E-state index contributed by atoms with van der Waals surface area (Å²) in [5, 5.41) is 0. The molecular formula is C18H20O. The van der Waals surface area contributed by atoms with Gasteiger partial charge in [0.25, 0.3) is 0 Å². The minimum absolute atomic E-state index is 0.104. The standard InChI is InChI=1S/C18H20O/c1-2-18(19)17-12-15(13-7-3-4-8-13)11-16(17)14-9-5-6-10-14/h3-7,9,12,16-17H,2,8,10-11H2,1H3. The average Bonchev–Trinajstić information content (AvgIpc) is 3.14. The fourth-order valence-corrected chi connectivity index (χ4v) is 3.34. The predicted molar refractivity (Wildman–Crippen MR) is 78.7 cm³/mol. The zero-order valence-corrected chi connectivity index (χ0v) is 11.4. The molecule has 0 fully saturated rings. The minimum atomic E-state index is 0.104. The van der Waals surface area contributed by atoms with E-state index in [0.29, 0.717) is 18.1 Å². The van der Waals surface area contributed by atoms with E-state index in [1.165, 1.54) is 16.7 Å². The first-order valence-corrected chi connectivity index (χ1v) is 7.24. The van der Waals surface area contributed by atoms with Crippen LogP contribution >= 0.6 is 0 Å². The van der Waals surface area contributed by atoms with Crippen LogP contribution in [0.3, 0.4) is 0 Å². The van der Waals surface area contributed by atoms with E-state index in [2.05, 4.69) is 42.5 Å². The molecule has 0 bridgehead atoms. The molecule has 0 aromatic heterocycles. The van der Waals surface area contributed by atoms with Crippen molar-refractivity contribution < 1.29 is 4.79 Å². The molecule has 1 nitrogen and oxygen atoms in total. The summed E-state index contributed by atoms with van der Waals surface area (Å²) in [5.41, 5.74) is 4.24. The maximum atomic E-state index is 12.2. The van der Waals surface area contributed by atoms with E-state index >= 15 is 0 Å². The molecule has 3 aliphatic rings. The van der Waals surface area contributed by atoms with Crippen LogP contribution in [-0.2, 0) is 4.79 Å². The average molecular weight is 252 g/mol. The number of carbonyl (C=O) groups is 1. The van der Waals surface area contributed by atoms with Crippen LogP contribution in [0, 0.1) is 11.8 Å². The molecular weight excluding hydrogens is 232 g/mol. The molecule has 0 saturated carbocycles. The lowest BCUT2D eigenvalue weighted by atomic mass is 9.83. The maximum Gasteiger partial charge on any atom is 0.140 e. The quantitative estimate of drug-likeness (QED) is 0.729. The van der Waals surface area contributed by atoms with Gasteiger partial charge in [-0.3, -0.25) is 4.79 Å². The molecule has 2 atom stereocenters. The Labute approximate surface area is 115 Å². The lowest BCUT2D eigenvalue weighted by Gasteiger charge is -2.19. The van der Waals surface area contributed by atoms with E-state index in [9.17, 15) is 4.79 Å². The monoisotopic (exact) mass is 252 g/mol. The van der Waals surface area contributed by atoms with Gasteiger partial charge in [-0.05, 0) is 36.3 Å². The molecule has 3 aliphatic carbocycles. The second kappa shape index (κ2) is 5.16. The Morgan fingerprint density at radius 3 is 2.58 bits per heavy atom. The molecule has 0 aromatic rings. The third-order valence-electron chi connectivity index (χ3n) is 4.43. The smallest absolute Gasteiger partial charge is 0.140 e. The lowest BCUT2D eigenvalue weighted by Crippen LogP contribution is -2.19. The van der Waals surface area contributed by atoms with Crippen LogP contribution in [0.15, 0.2) is 59.3 Å². The summed E-state index contributed by atoms with van der Waals surface area (Å²) in [5.74, 6) is 0.894. The van der Waals surface area contributed by atoms with Gasteiger partial charge in [-0.1, -0.05) is 55.0 Å². The van der Waals surface area contributed by atoms with Gasteiger partial charge in [0.05, 0.1) is 0 Å². The summed E-state index contributed by atoms with van der Waals surface area (Å²) in [6.07, 6.45) is 19.0. The second-order valence-electron chi connectivity index (χ2n) is 5.55. The van der Waals surface area contributed by atoms with Crippen molar-refractivity contribution >= 4 is 5.78 Å². The normalized spacial score (nSPS) is 28.6. The van der Waals surface area contributed by atoms with Gasteiger partial charge in [-0.2, -0.15) is 0 Å². The van der Waals surface area contributed by atoms with Gasteiger partial charge in [0.1, 0.15) is 5.78 Å². The molecule has 19 heavy (non-hydrogen) atoms. The van der Waals surface area contributed by atoms with Crippen LogP contribution in [0.5, 0.6) is 0 Å². The molecule has 1 heteroatoms. The Morgan fingerprint density at radius 1 is 1.16 bits per heavy atom. The van der Waals surface area contributed by atoms with E-state index in [4.69, 9.17) is 0 Å². The molecule has 0 heterocycles. The van der Waals surface area contributed by atoms with Crippen molar-refractivity contribution in [1.82, 2.24) is 0 Å². The summed E-state index contributed by atoms with van der Waals surface area (Å²) in [7, 11) is 0. The van der Waals surface area contributed by atoms with E-state index in [-0.39, 0.29) is 5.92 Å². The Balaban J connectivity index is 1.84. The van der Waals surface area contributed by atoms with E-state index in [0.717, 1.165) is 19.3 Å². The van der Waals surface area contributed by atoms with Gasteiger partial charge < -0.3 is 0 Å². The largest absolute Gasteiger partial charge is 0.299 e. The SMILES string of the molecule is CCC(=O)C1C=C(C2=CC=CC2)CC1C1=CC=CC1. The molecule has 0 spiro atoms. The number of ketones is 1. The van der Waals surface area contributed by atoms with Crippen LogP contribution in [0.4, 0.5) is 0 Å². The van der Waals surface area contributed by atoms with Gasteiger partial charge in [0.15, 0.2) is 0 Å². The molecule has 0 N–H and O–H groups in total. The van der Waals surface area contributed by atoms with Gasteiger partial charge in [-0.15, -0.1) is 0 Å². The Bertz CT molecular complexity index is 540. The molecule has 0 aromatic carbocycles. The van der Waals surface area contributed by atoms with Crippen molar-refractivity contribution in [2.45, 2.75) is 32.6 Å². The second-order valence-corrected chi connectivity index (χ2v) is 5.55. The first-order valence-electron chi connectivity index (χ1n) is 7.24. The van der Waals surface area contributed by atoms with Gasteiger partial charge in [0, 0.05) is 12.3 Å². The third kappa shape index (κ3) is 2.30. The van der Waals surface area contributed by atoms with Gasteiger partial charge >= 0.3 is 0 Å². The first-order chi connectivity index (χ1) is 9.29. The van der Waals surface area contributed by atoms with Crippen LogP contribution in [0.1, 0.15) is 32.6 Å². The van der Waals surface area contributed by atoms with Crippen LogP contribution < -0.4 is 0 Å². The zero-order valence-electron chi connectivity index (χ0n) is 11.4. The van der Waals surface area contributed by atoms with Gasteiger partial charge in [0.2, 0.25) is 0 Å². The fraction of sp³-hybridized carbons (Fsp3) is 0.389. The molecule has 0 saturated heterocycles. The fourth-order valence-electron chi connectivity index (χ4n) is 3.34.